The van der Waals surface area contributed by atoms with Gasteiger partial charge in [0.1, 0.15) is 11.3 Å². The van der Waals surface area contributed by atoms with Gasteiger partial charge in [0.05, 0.1) is 11.6 Å². The van der Waals surface area contributed by atoms with Crippen LogP contribution in [-0.2, 0) is 0 Å². The molecule has 1 aromatic carbocycles. The Hall–Kier alpha value is -1.71. The van der Waals surface area contributed by atoms with Gasteiger partial charge < -0.3 is 15.0 Å². The molecule has 0 radical (unpaired) electrons. The van der Waals surface area contributed by atoms with Gasteiger partial charge in [0.2, 0.25) is 5.95 Å². The van der Waals surface area contributed by atoms with Crippen molar-refractivity contribution in [2.45, 2.75) is 51.7 Å². The molecule has 2 aliphatic rings. The van der Waals surface area contributed by atoms with Crippen molar-refractivity contribution < 1.29 is 4.74 Å². The first-order valence-electron chi connectivity index (χ1n) is 8.08. The molecule has 0 saturated heterocycles. The monoisotopic (exact) mass is 285 g/mol. The third kappa shape index (κ3) is 2.27. The highest BCUT2D eigenvalue weighted by atomic mass is 16.5. The van der Waals surface area contributed by atoms with E-state index in [1.54, 1.807) is 0 Å². The van der Waals surface area contributed by atoms with Gasteiger partial charge in [0.15, 0.2) is 0 Å². The molecule has 2 aliphatic carbocycles. The molecule has 0 bridgehead atoms. The first-order valence-corrected chi connectivity index (χ1v) is 8.08. The molecule has 4 rings (SSSR count). The maximum absolute atomic E-state index is 6.28. The fourth-order valence-electron chi connectivity index (χ4n) is 3.45. The van der Waals surface area contributed by atoms with Crippen LogP contribution in [0.4, 0.5) is 5.95 Å². The van der Waals surface area contributed by atoms with Crippen LogP contribution < -0.4 is 10.5 Å². The van der Waals surface area contributed by atoms with Gasteiger partial charge in [-0.1, -0.05) is 6.07 Å². The summed E-state index contributed by atoms with van der Waals surface area (Å²) in [7, 11) is 0. The molecule has 0 amide bonds. The molecule has 2 fully saturated rings. The Kier molecular flexibility index (Phi) is 2.88. The highest BCUT2D eigenvalue weighted by Crippen LogP contribution is 2.53. The Labute approximate surface area is 125 Å². The highest BCUT2D eigenvalue weighted by Gasteiger charge is 2.43. The van der Waals surface area contributed by atoms with Crippen molar-refractivity contribution in [1.29, 1.82) is 0 Å². The Morgan fingerprint density at radius 1 is 1.19 bits per heavy atom. The maximum atomic E-state index is 6.28. The van der Waals surface area contributed by atoms with Gasteiger partial charge in [-0.15, -0.1) is 0 Å². The van der Waals surface area contributed by atoms with Crippen LogP contribution in [0.3, 0.4) is 0 Å². The fourth-order valence-corrected chi connectivity index (χ4v) is 3.45. The lowest BCUT2D eigenvalue weighted by Crippen LogP contribution is -2.15. The van der Waals surface area contributed by atoms with Crippen LogP contribution in [0.15, 0.2) is 18.2 Å². The van der Waals surface area contributed by atoms with E-state index in [0.717, 1.165) is 28.6 Å². The number of rotatable bonds is 5. The summed E-state index contributed by atoms with van der Waals surface area (Å²) in [6.07, 6.45) is 5.49. The standard InChI is InChI=1S/C17H23N3O/c1-10(2)21-14-5-3-4-13-15(14)19-17(18)20(13)16(11-6-7-11)12-8-9-12/h3-5,10-12,16H,6-9H2,1-2H3,(H2,18,19). The van der Waals surface area contributed by atoms with E-state index < -0.39 is 0 Å². The van der Waals surface area contributed by atoms with E-state index in [1.807, 2.05) is 19.9 Å². The minimum absolute atomic E-state index is 0.143. The van der Waals surface area contributed by atoms with Crippen LogP contribution in [0.25, 0.3) is 11.0 Å². The minimum atomic E-state index is 0.143. The first-order chi connectivity index (χ1) is 10.1. The van der Waals surface area contributed by atoms with Crippen molar-refractivity contribution in [1.82, 2.24) is 9.55 Å². The largest absolute Gasteiger partial charge is 0.489 e. The van der Waals surface area contributed by atoms with Crippen molar-refractivity contribution in [2.75, 3.05) is 5.73 Å². The van der Waals surface area contributed by atoms with Crippen molar-refractivity contribution in [3.63, 3.8) is 0 Å². The topological polar surface area (TPSA) is 53.1 Å². The van der Waals surface area contributed by atoms with E-state index in [2.05, 4.69) is 21.7 Å². The molecule has 2 saturated carbocycles. The van der Waals surface area contributed by atoms with E-state index >= 15 is 0 Å². The number of nitrogen functional groups attached to an aromatic ring is 1. The fraction of sp³-hybridized carbons (Fsp3) is 0.588. The number of benzene rings is 1. The predicted molar refractivity (Wildman–Crippen MR) is 84.4 cm³/mol. The lowest BCUT2D eigenvalue weighted by molar-refractivity contribution is 0.245. The average molecular weight is 285 g/mol. The average Bonchev–Trinajstić information content (AvgIpc) is 3.32. The Morgan fingerprint density at radius 2 is 1.86 bits per heavy atom. The summed E-state index contributed by atoms with van der Waals surface area (Å²) in [5, 5.41) is 0. The van der Waals surface area contributed by atoms with Crippen molar-refractivity contribution in [2.24, 2.45) is 11.8 Å². The number of aromatic nitrogens is 2. The van der Waals surface area contributed by atoms with Crippen LogP contribution in [0.5, 0.6) is 5.75 Å². The smallest absolute Gasteiger partial charge is 0.201 e. The maximum Gasteiger partial charge on any atom is 0.201 e. The number of ether oxygens (including phenoxy) is 1. The number of hydrogen-bond acceptors (Lipinski definition) is 3. The van der Waals surface area contributed by atoms with Gasteiger partial charge in [-0.25, -0.2) is 4.98 Å². The van der Waals surface area contributed by atoms with Crippen molar-refractivity contribution in [3.8, 4) is 5.75 Å². The van der Waals surface area contributed by atoms with Crippen LogP contribution in [0, 0.1) is 11.8 Å². The second kappa shape index (κ2) is 4.65. The SMILES string of the molecule is CC(C)Oc1cccc2c1nc(N)n2C(C1CC1)C1CC1. The molecule has 2 N–H and O–H groups in total. The highest BCUT2D eigenvalue weighted by molar-refractivity contribution is 5.84. The van der Waals surface area contributed by atoms with Crippen LogP contribution in [-0.4, -0.2) is 15.7 Å². The zero-order valence-corrected chi connectivity index (χ0v) is 12.7. The summed E-state index contributed by atoms with van der Waals surface area (Å²) >= 11 is 0. The van der Waals surface area contributed by atoms with E-state index in [1.165, 1.54) is 25.7 Å². The molecule has 0 aliphatic heterocycles. The molecule has 0 spiro atoms. The van der Waals surface area contributed by atoms with Gasteiger partial charge >= 0.3 is 0 Å². The zero-order chi connectivity index (χ0) is 14.6. The van der Waals surface area contributed by atoms with E-state index in [0.29, 0.717) is 12.0 Å². The minimum Gasteiger partial charge on any atom is -0.489 e. The van der Waals surface area contributed by atoms with E-state index in [-0.39, 0.29) is 6.10 Å². The molecule has 4 nitrogen and oxygen atoms in total. The summed E-state index contributed by atoms with van der Waals surface area (Å²) in [5.41, 5.74) is 8.33. The number of anilines is 1. The van der Waals surface area contributed by atoms with E-state index in [9.17, 15) is 0 Å². The lowest BCUT2D eigenvalue weighted by Gasteiger charge is -2.20. The van der Waals surface area contributed by atoms with Crippen LogP contribution in [0.2, 0.25) is 0 Å². The van der Waals surface area contributed by atoms with Gasteiger partial charge in [0.25, 0.3) is 0 Å². The molecule has 112 valence electrons. The Balaban J connectivity index is 1.83. The summed E-state index contributed by atoms with van der Waals surface area (Å²) in [6.45, 7) is 4.08. The number of para-hydroxylation sites is 1. The van der Waals surface area contributed by atoms with Gasteiger partial charge in [0, 0.05) is 6.04 Å². The second-order valence-electron chi connectivity index (χ2n) is 6.80. The van der Waals surface area contributed by atoms with Gasteiger partial charge in [-0.05, 0) is 63.5 Å². The quantitative estimate of drug-likeness (QED) is 0.910. The third-order valence-corrected chi connectivity index (χ3v) is 4.58. The molecule has 0 atom stereocenters. The number of nitrogens with zero attached hydrogens (tertiary/aromatic N) is 2. The summed E-state index contributed by atoms with van der Waals surface area (Å²) in [4.78, 5) is 4.62. The van der Waals surface area contributed by atoms with Crippen molar-refractivity contribution in [3.05, 3.63) is 18.2 Å². The normalized spacial score (nSPS) is 18.9. The molecule has 1 aromatic heterocycles. The molecule has 0 unspecified atom stereocenters. The number of fused-ring (bicyclic) bond motifs is 1. The first kappa shape index (κ1) is 13.0. The molecule has 21 heavy (non-hydrogen) atoms. The summed E-state index contributed by atoms with van der Waals surface area (Å²) < 4.78 is 8.19. The molecule has 2 aromatic rings. The zero-order valence-electron chi connectivity index (χ0n) is 12.7. The summed E-state index contributed by atoms with van der Waals surface area (Å²) in [5.74, 6) is 3.09. The lowest BCUT2D eigenvalue weighted by atomic mass is 10.1. The molecular formula is C17H23N3O. The Bertz CT molecular complexity index is 656. The van der Waals surface area contributed by atoms with Gasteiger partial charge in [-0.3, -0.25) is 0 Å². The van der Waals surface area contributed by atoms with Crippen LogP contribution >= 0.6 is 0 Å². The number of imidazole rings is 1. The molecular weight excluding hydrogens is 262 g/mol. The predicted octanol–water partition coefficient (Wildman–Crippen LogP) is 3.77. The number of nitrogens with two attached hydrogens (primary N) is 1. The van der Waals surface area contributed by atoms with Crippen LogP contribution in [0.1, 0.15) is 45.6 Å². The Morgan fingerprint density at radius 3 is 2.43 bits per heavy atom. The molecule has 1 heterocycles. The summed E-state index contributed by atoms with van der Waals surface area (Å²) in [6, 6.07) is 6.71. The van der Waals surface area contributed by atoms with E-state index in [4.69, 9.17) is 10.5 Å². The third-order valence-electron chi connectivity index (χ3n) is 4.58. The number of hydrogen-bond donors (Lipinski definition) is 1. The molecule has 4 heteroatoms. The van der Waals surface area contributed by atoms with Gasteiger partial charge in [-0.2, -0.15) is 0 Å². The second-order valence-corrected chi connectivity index (χ2v) is 6.80. The van der Waals surface area contributed by atoms with Crippen molar-refractivity contribution >= 4 is 17.0 Å².